The minimum atomic E-state index is -3.40. The molecule has 2 rings (SSSR count). The molecule has 0 aromatic heterocycles. The monoisotopic (exact) mass is 375 g/mol. The van der Waals surface area contributed by atoms with E-state index in [0.29, 0.717) is 19.4 Å². The predicted octanol–water partition coefficient (Wildman–Crippen LogP) is 1.21. The highest BCUT2D eigenvalue weighted by atomic mass is 35.5. The molecule has 0 bridgehead atoms. The van der Waals surface area contributed by atoms with Gasteiger partial charge in [-0.05, 0) is 57.0 Å². The zero-order chi connectivity index (χ0) is 16.7. The molecule has 1 aliphatic rings. The Bertz CT molecular complexity index is 616. The minimum absolute atomic E-state index is 0. The summed E-state index contributed by atoms with van der Waals surface area (Å²) in [5.41, 5.74) is 0.959. The lowest BCUT2D eigenvalue weighted by atomic mass is 10.1. The van der Waals surface area contributed by atoms with Crippen molar-refractivity contribution in [1.82, 2.24) is 15.4 Å². The van der Waals surface area contributed by atoms with E-state index in [2.05, 4.69) is 15.4 Å². The van der Waals surface area contributed by atoms with Gasteiger partial charge in [0.25, 0.3) is 0 Å². The van der Waals surface area contributed by atoms with Crippen LogP contribution in [0.5, 0.6) is 0 Å². The molecule has 3 N–H and O–H groups in total. The lowest BCUT2D eigenvalue weighted by Crippen LogP contribution is -2.26. The number of hydrogen-bond acceptors (Lipinski definition) is 4. The number of amides is 1. The number of aryl methyl sites for hydroxylation is 1. The van der Waals surface area contributed by atoms with E-state index in [1.54, 1.807) is 24.3 Å². The van der Waals surface area contributed by atoms with Gasteiger partial charge in [-0.3, -0.25) is 4.79 Å². The molecule has 1 fully saturated rings. The minimum Gasteiger partial charge on any atom is -0.356 e. The largest absolute Gasteiger partial charge is 0.356 e. The predicted molar refractivity (Wildman–Crippen MR) is 96.9 cm³/mol. The van der Waals surface area contributed by atoms with Crippen molar-refractivity contribution in [2.24, 2.45) is 0 Å². The molecular weight excluding hydrogens is 350 g/mol. The third-order valence-electron chi connectivity index (χ3n) is 3.70. The summed E-state index contributed by atoms with van der Waals surface area (Å²) in [4.78, 5) is 12.0. The van der Waals surface area contributed by atoms with Crippen molar-refractivity contribution in [2.75, 3.05) is 20.1 Å². The highest BCUT2D eigenvalue weighted by molar-refractivity contribution is 7.89. The standard InChI is InChI=1S/C16H25N3O3S.ClH/c1-17-11-2-12-18-16(20)10-5-13-3-8-15(9-4-13)23(21,22)19-14-6-7-14;/h3-4,8-9,14,17,19H,2,5-7,10-12H2,1H3,(H,18,20);1H. The first-order valence-corrected chi connectivity index (χ1v) is 9.52. The SMILES string of the molecule is CNCCCNC(=O)CCc1ccc(S(=O)(=O)NC2CC2)cc1.Cl. The topological polar surface area (TPSA) is 87.3 Å². The first-order chi connectivity index (χ1) is 11.0. The Kier molecular flexibility index (Phi) is 8.69. The number of benzene rings is 1. The van der Waals surface area contributed by atoms with Crippen molar-refractivity contribution in [3.8, 4) is 0 Å². The summed E-state index contributed by atoms with van der Waals surface area (Å²) >= 11 is 0. The van der Waals surface area contributed by atoms with Crippen molar-refractivity contribution in [3.63, 3.8) is 0 Å². The summed E-state index contributed by atoms with van der Waals surface area (Å²) in [7, 11) is -1.52. The molecule has 6 nitrogen and oxygen atoms in total. The van der Waals surface area contributed by atoms with Crippen molar-refractivity contribution < 1.29 is 13.2 Å². The Morgan fingerprint density at radius 1 is 1.17 bits per heavy atom. The molecule has 8 heteroatoms. The molecule has 0 aliphatic heterocycles. The van der Waals surface area contributed by atoms with Crippen molar-refractivity contribution in [3.05, 3.63) is 29.8 Å². The normalized spacial score (nSPS) is 14.0. The van der Waals surface area contributed by atoms with E-state index in [1.807, 2.05) is 7.05 Å². The van der Waals surface area contributed by atoms with Crippen LogP contribution in [-0.2, 0) is 21.2 Å². The number of rotatable bonds is 10. The molecule has 1 amide bonds. The van der Waals surface area contributed by atoms with Gasteiger partial charge >= 0.3 is 0 Å². The molecule has 0 radical (unpaired) electrons. The smallest absolute Gasteiger partial charge is 0.240 e. The summed E-state index contributed by atoms with van der Waals surface area (Å²) in [5.74, 6) is 0.0215. The number of carbonyl (C=O) groups is 1. The van der Waals surface area contributed by atoms with Gasteiger partial charge in [0.05, 0.1) is 4.90 Å². The van der Waals surface area contributed by atoms with Crippen LogP contribution in [0.2, 0.25) is 0 Å². The van der Waals surface area contributed by atoms with Crippen LogP contribution in [0.25, 0.3) is 0 Å². The molecule has 0 spiro atoms. The fourth-order valence-corrected chi connectivity index (χ4v) is 3.47. The van der Waals surface area contributed by atoms with Crippen LogP contribution in [0.4, 0.5) is 0 Å². The average molecular weight is 376 g/mol. The number of sulfonamides is 1. The number of carbonyl (C=O) groups excluding carboxylic acids is 1. The second kappa shape index (κ2) is 9.98. The Morgan fingerprint density at radius 2 is 1.83 bits per heavy atom. The van der Waals surface area contributed by atoms with Crippen LogP contribution >= 0.6 is 12.4 Å². The van der Waals surface area contributed by atoms with Crippen LogP contribution in [0.3, 0.4) is 0 Å². The lowest BCUT2D eigenvalue weighted by molar-refractivity contribution is -0.121. The Labute approximate surface area is 150 Å². The number of nitrogens with one attached hydrogen (secondary N) is 3. The maximum atomic E-state index is 12.1. The molecule has 1 saturated carbocycles. The maximum absolute atomic E-state index is 12.1. The van der Waals surface area contributed by atoms with Gasteiger partial charge in [-0.2, -0.15) is 0 Å². The van der Waals surface area contributed by atoms with Crippen LogP contribution in [0.15, 0.2) is 29.2 Å². The summed E-state index contributed by atoms with van der Waals surface area (Å²) in [6, 6.07) is 6.85. The first kappa shape index (κ1) is 20.9. The van der Waals surface area contributed by atoms with Crippen LogP contribution in [0.1, 0.15) is 31.2 Å². The van der Waals surface area contributed by atoms with Crippen LogP contribution < -0.4 is 15.4 Å². The fourth-order valence-electron chi connectivity index (χ4n) is 2.16. The molecule has 0 heterocycles. The highest BCUT2D eigenvalue weighted by Crippen LogP contribution is 2.22. The second-order valence-electron chi connectivity index (χ2n) is 5.85. The van der Waals surface area contributed by atoms with Gasteiger partial charge in [-0.25, -0.2) is 13.1 Å². The first-order valence-electron chi connectivity index (χ1n) is 8.04. The van der Waals surface area contributed by atoms with E-state index in [1.165, 1.54) is 0 Å². The van der Waals surface area contributed by atoms with Gasteiger partial charge in [0, 0.05) is 19.0 Å². The zero-order valence-corrected chi connectivity index (χ0v) is 15.5. The van der Waals surface area contributed by atoms with E-state index in [0.717, 1.165) is 31.4 Å². The Morgan fingerprint density at radius 3 is 2.42 bits per heavy atom. The third kappa shape index (κ3) is 7.17. The van der Waals surface area contributed by atoms with Crippen molar-refractivity contribution in [2.45, 2.75) is 43.0 Å². The van der Waals surface area contributed by atoms with Crippen molar-refractivity contribution in [1.29, 1.82) is 0 Å². The quantitative estimate of drug-likeness (QED) is 0.536. The molecule has 0 unspecified atom stereocenters. The Balaban J connectivity index is 0.00000288. The maximum Gasteiger partial charge on any atom is 0.240 e. The van der Waals surface area contributed by atoms with Gasteiger partial charge in [-0.15, -0.1) is 12.4 Å². The Hall–Kier alpha value is -1.15. The molecule has 1 aromatic rings. The highest BCUT2D eigenvalue weighted by Gasteiger charge is 2.27. The molecule has 24 heavy (non-hydrogen) atoms. The molecule has 0 atom stereocenters. The van der Waals surface area contributed by atoms with Gasteiger partial charge in [-0.1, -0.05) is 12.1 Å². The van der Waals surface area contributed by atoms with E-state index in [4.69, 9.17) is 0 Å². The van der Waals surface area contributed by atoms with Gasteiger partial charge in [0.1, 0.15) is 0 Å². The fraction of sp³-hybridized carbons (Fsp3) is 0.562. The molecule has 136 valence electrons. The molecule has 1 aliphatic carbocycles. The van der Waals surface area contributed by atoms with E-state index >= 15 is 0 Å². The number of hydrogen-bond donors (Lipinski definition) is 3. The summed E-state index contributed by atoms with van der Waals surface area (Å²) in [6.45, 7) is 1.55. The molecular formula is C16H26ClN3O3S. The average Bonchev–Trinajstić information content (AvgIpc) is 3.33. The molecule has 0 saturated heterocycles. The third-order valence-corrected chi connectivity index (χ3v) is 5.24. The van der Waals surface area contributed by atoms with E-state index in [-0.39, 0.29) is 29.3 Å². The van der Waals surface area contributed by atoms with E-state index < -0.39 is 10.0 Å². The van der Waals surface area contributed by atoms with Gasteiger partial charge < -0.3 is 10.6 Å². The van der Waals surface area contributed by atoms with Crippen LogP contribution in [-0.4, -0.2) is 40.5 Å². The summed E-state index contributed by atoms with van der Waals surface area (Å²) < 4.78 is 26.8. The van der Waals surface area contributed by atoms with Gasteiger partial charge in [0.2, 0.25) is 15.9 Å². The van der Waals surface area contributed by atoms with Crippen molar-refractivity contribution >= 4 is 28.3 Å². The summed E-state index contributed by atoms with van der Waals surface area (Å²) in [6.07, 6.45) is 3.75. The molecule has 1 aromatic carbocycles. The van der Waals surface area contributed by atoms with Gasteiger partial charge in [0.15, 0.2) is 0 Å². The van der Waals surface area contributed by atoms with E-state index in [9.17, 15) is 13.2 Å². The zero-order valence-electron chi connectivity index (χ0n) is 13.9. The summed E-state index contributed by atoms with van der Waals surface area (Å²) in [5, 5.41) is 5.89. The number of halogens is 1. The van der Waals surface area contributed by atoms with Crippen LogP contribution in [0, 0.1) is 0 Å². The second-order valence-corrected chi connectivity index (χ2v) is 7.56. The lowest BCUT2D eigenvalue weighted by Gasteiger charge is -2.07.